The first-order valence-electron chi connectivity index (χ1n) is 8.07. The predicted molar refractivity (Wildman–Crippen MR) is 93.7 cm³/mol. The number of aromatic amines is 1. The largest absolute Gasteiger partial charge is 0.461 e. The van der Waals surface area contributed by atoms with Crippen molar-refractivity contribution in [2.24, 2.45) is 0 Å². The van der Waals surface area contributed by atoms with E-state index in [2.05, 4.69) is 31.1 Å². The van der Waals surface area contributed by atoms with E-state index in [4.69, 9.17) is 4.42 Å². The van der Waals surface area contributed by atoms with Crippen molar-refractivity contribution in [1.29, 1.82) is 0 Å². The molecule has 0 aliphatic carbocycles. The number of rotatable bonds is 4. The first-order valence-corrected chi connectivity index (χ1v) is 8.07. The minimum atomic E-state index is -1.02. The monoisotopic (exact) mass is 366 g/mol. The number of anilines is 2. The van der Waals surface area contributed by atoms with Gasteiger partial charge in [-0.2, -0.15) is 4.98 Å². The Morgan fingerprint density at radius 1 is 1.19 bits per heavy atom. The van der Waals surface area contributed by atoms with Gasteiger partial charge in [0.2, 0.25) is 17.8 Å². The van der Waals surface area contributed by atoms with Crippen LogP contribution in [0.3, 0.4) is 0 Å². The highest BCUT2D eigenvalue weighted by molar-refractivity contribution is 6.11. The van der Waals surface area contributed by atoms with Crippen LogP contribution in [0.5, 0.6) is 0 Å². The zero-order valence-electron chi connectivity index (χ0n) is 13.9. The molecule has 4 N–H and O–H groups in total. The molecule has 4 rings (SSSR count). The zero-order valence-corrected chi connectivity index (χ0v) is 13.9. The number of hydrogen-bond acceptors (Lipinski definition) is 6. The molecule has 1 aromatic carbocycles. The van der Waals surface area contributed by atoms with Crippen molar-refractivity contribution < 1.29 is 18.8 Å². The molecule has 3 aromatic rings. The van der Waals surface area contributed by atoms with Crippen molar-refractivity contribution in [1.82, 2.24) is 20.5 Å². The fraction of sp³-hybridized carbons (Fsp3) is 0.118. The van der Waals surface area contributed by atoms with Gasteiger partial charge < -0.3 is 15.1 Å². The minimum absolute atomic E-state index is 0.0371. The number of nitrogens with one attached hydrogen (secondary N) is 4. The van der Waals surface area contributed by atoms with Crippen molar-refractivity contribution in [2.75, 3.05) is 10.6 Å². The Labute approximate surface area is 152 Å². The number of carbonyl (C=O) groups is 3. The summed E-state index contributed by atoms with van der Waals surface area (Å²) in [6.07, 6.45) is 1.22. The molecule has 10 heteroatoms. The molecule has 1 unspecified atom stereocenters. The van der Waals surface area contributed by atoms with Crippen LogP contribution in [-0.2, 0) is 9.59 Å². The van der Waals surface area contributed by atoms with Gasteiger partial charge >= 0.3 is 0 Å². The van der Waals surface area contributed by atoms with Gasteiger partial charge in [-0.25, -0.2) is 0 Å². The number of nitrogens with zero attached hydrogens (tertiary/aromatic N) is 2. The molecule has 3 amide bonds. The van der Waals surface area contributed by atoms with Crippen molar-refractivity contribution in [3.63, 3.8) is 0 Å². The molecule has 3 heterocycles. The normalized spacial score (nSPS) is 16.1. The number of amides is 3. The van der Waals surface area contributed by atoms with Crippen LogP contribution in [0.4, 0.5) is 11.6 Å². The third-order valence-corrected chi connectivity index (χ3v) is 3.93. The fourth-order valence-corrected chi connectivity index (χ4v) is 2.66. The Hall–Kier alpha value is -3.95. The lowest BCUT2D eigenvalue weighted by Crippen LogP contribution is -2.43. The number of hydrogen-bond donors (Lipinski definition) is 4. The van der Waals surface area contributed by atoms with Crippen LogP contribution in [0.15, 0.2) is 47.1 Å². The number of fused-ring (bicyclic) bond motifs is 1. The van der Waals surface area contributed by atoms with Gasteiger partial charge in [-0.1, -0.05) is 12.1 Å². The van der Waals surface area contributed by atoms with E-state index in [0.717, 1.165) is 0 Å². The molecular formula is C17H14N6O4. The summed E-state index contributed by atoms with van der Waals surface area (Å²) in [6, 6.07) is 8.98. The molecule has 136 valence electrons. The Balaban J connectivity index is 1.42. The zero-order chi connectivity index (χ0) is 18.8. The Bertz CT molecular complexity index is 1010. The second-order valence-corrected chi connectivity index (χ2v) is 5.80. The highest BCUT2D eigenvalue weighted by Crippen LogP contribution is 2.19. The summed E-state index contributed by atoms with van der Waals surface area (Å²) in [4.78, 5) is 40.9. The second kappa shape index (κ2) is 6.75. The molecule has 1 aliphatic rings. The van der Waals surface area contributed by atoms with Crippen LogP contribution in [0, 0.1) is 0 Å². The van der Waals surface area contributed by atoms with E-state index >= 15 is 0 Å². The van der Waals surface area contributed by atoms with Gasteiger partial charge in [-0.15, -0.1) is 5.10 Å². The summed E-state index contributed by atoms with van der Waals surface area (Å²) >= 11 is 0. The topological polar surface area (TPSA) is 142 Å². The molecule has 1 atom stereocenters. The quantitative estimate of drug-likeness (QED) is 0.545. The number of aromatic nitrogens is 3. The van der Waals surface area contributed by atoms with Crippen LogP contribution >= 0.6 is 0 Å². The van der Waals surface area contributed by atoms with Gasteiger partial charge in [-0.3, -0.25) is 24.8 Å². The average molecular weight is 366 g/mol. The molecule has 0 fully saturated rings. The van der Waals surface area contributed by atoms with Crippen LogP contribution in [0.1, 0.15) is 16.8 Å². The Morgan fingerprint density at radius 2 is 2.04 bits per heavy atom. The van der Waals surface area contributed by atoms with E-state index in [-0.39, 0.29) is 12.4 Å². The van der Waals surface area contributed by atoms with Gasteiger partial charge in [-0.05, 0) is 24.3 Å². The lowest BCUT2D eigenvalue weighted by Gasteiger charge is -2.13. The molecule has 10 nitrogen and oxygen atoms in total. The minimum Gasteiger partial charge on any atom is -0.461 e. The van der Waals surface area contributed by atoms with Crippen LogP contribution in [0.25, 0.3) is 11.6 Å². The predicted octanol–water partition coefficient (Wildman–Crippen LogP) is 1.14. The van der Waals surface area contributed by atoms with Crippen LogP contribution in [0.2, 0.25) is 0 Å². The lowest BCUT2D eigenvalue weighted by molar-refractivity contribution is -0.122. The van der Waals surface area contributed by atoms with Gasteiger partial charge in [0, 0.05) is 0 Å². The first kappa shape index (κ1) is 16.5. The number of H-pyrrole nitrogens is 1. The lowest BCUT2D eigenvalue weighted by atomic mass is 10.1. The summed E-state index contributed by atoms with van der Waals surface area (Å²) < 4.78 is 5.18. The Kier molecular flexibility index (Phi) is 4.13. The standard InChI is InChI=1S/C17H14N6O4/c24-13(20-17-21-14(22-23-17)12-6-3-7-27-12)8-11-16(26)18-10-5-2-1-4-9(10)15(25)19-11/h1-7,11H,8H2,(H,18,26)(H,19,25)(H2,20,21,22,23,24). The van der Waals surface area contributed by atoms with Crippen molar-refractivity contribution in [3.8, 4) is 11.6 Å². The Morgan fingerprint density at radius 3 is 2.85 bits per heavy atom. The van der Waals surface area contributed by atoms with E-state index in [1.165, 1.54) is 6.26 Å². The van der Waals surface area contributed by atoms with Gasteiger partial charge in [0.05, 0.1) is 23.9 Å². The fourth-order valence-electron chi connectivity index (χ4n) is 2.66. The van der Waals surface area contributed by atoms with Gasteiger partial charge in [0.1, 0.15) is 6.04 Å². The summed E-state index contributed by atoms with van der Waals surface area (Å²) in [7, 11) is 0. The molecule has 0 spiro atoms. The molecule has 0 bridgehead atoms. The first-order chi connectivity index (χ1) is 13.1. The van der Waals surface area contributed by atoms with Crippen molar-refractivity contribution in [3.05, 3.63) is 48.2 Å². The third kappa shape index (κ3) is 3.40. The summed E-state index contributed by atoms with van der Waals surface area (Å²) in [5.41, 5.74) is 0.741. The maximum absolute atomic E-state index is 12.3. The van der Waals surface area contributed by atoms with E-state index in [1.54, 1.807) is 36.4 Å². The SMILES string of the molecule is O=C(CC1NC(=O)c2ccccc2NC1=O)Nc1n[nH]c(-c2ccco2)n1. The average Bonchev–Trinajstić information content (AvgIpc) is 3.31. The summed E-state index contributed by atoms with van der Waals surface area (Å²) in [5.74, 6) is -0.571. The molecule has 27 heavy (non-hydrogen) atoms. The highest BCUT2D eigenvalue weighted by Gasteiger charge is 2.29. The van der Waals surface area contributed by atoms with Crippen LogP contribution < -0.4 is 16.0 Å². The van der Waals surface area contributed by atoms with Crippen molar-refractivity contribution in [2.45, 2.75) is 12.5 Å². The molecule has 0 radical (unpaired) electrons. The third-order valence-electron chi connectivity index (χ3n) is 3.93. The van der Waals surface area contributed by atoms with E-state index < -0.39 is 23.8 Å². The maximum Gasteiger partial charge on any atom is 0.254 e. The second-order valence-electron chi connectivity index (χ2n) is 5.80. The molecular weight excluding hydrogens is 352 g/mol. The molecule has 0 saturated carbocycles. The number of benzene rings is 1. The molecule has 1 aliphatic heterocycles. The highest BCUT2D eigenvalue weighted by atomic mass is 16.3. The number of carbonyl (C=O) groups excluding carboxylic acids is 3. The summed E-state index contributed by atoms with van der Waals surface area (Å²) in [6.45, 7) is 0. The van der Waals surface area contributed by atoms with Gasteiger partial charge in [0.15, 0.2) is 11.6 Å². The van der Waals surface area contributed by atoms with Gasteiger partial charge in [0.25, 0.3) is 5.91 Å². The van der Waals surface area contributed by atoms with Crippen LogP contribution in [-0.4, -0.2) is 38.9 Å². The smallest absolute Gasteiger partial charge is 0.254 e. The maximum atomic E-state index is 12.3. The van der Waals surface area contributed by atoms with Crippen molar-refractivity contribution >= 4 is 29.4 Å². The van der Waals surface area contributed by atoms with E-state index in [0.29, 0.717) is 22.8 Å². The summed E-state index contributed by atoms with van der Waals surface area (Å²) in [5, 5.41) is 14.2. The van der Waals surface area contributed by atoms with E-state index in [1.807, 2.05) is 0 Å². The number of para-hydroxylation sites is 1. The van der Waals surface area contributed by atoms with E-state index in [9.17, 15) is 14.4 Å². The molecule has 0 saturated heterocycles. The number of furan rings is 1. The molecule has 2 aromatic heterocycles.